The van der Waals surface area contributed by atoms with Crippen molar-refractivity contribution in [2.24, 2.45) is 5.92 Å². The first kappa shape index (κ1) is 21.4. The van der Waals surface area contributed by atoms with E-state index in [0.717, 1.165) is 10.2 Å². The number of rotatable bonds is 6. The summed E-state index contributed by atoms with van der Waals surface area (Å²) in [6.45, 7) is 1.84. The van der Waals surface area contributed by atoms with Crippen LogP contribution in [0.2, 0.25) is 0 Å². The number of carbonyl (C=O) groups is 2. The molecule has 1 aliphatic rings. The molecule has 0 N–H and O–H groups in total. The molecule has 6 nitrogen and oxygen atoms in total. The number of carbonyl (C=O) groups excluding carboxylic acids is 2. The van der Waals surface area contributed by atoms with Gasteiger partial charge in [-0.1, -0.05) is 23.5 Å². The quantitative estimate of drug-likeness (QED) is 0.581. The summed E-state index contributed by atoms with van der Waals surface area (Å²) in [4.78, 5) is 34.1. The van der Waals surface area contributed by atoms with Gasteiger partial charge in [0.2, 0.25) is 5.91 Å². The summed E-state index contributed by atoms with van der Waals surface area (Å²) in [5.41, 5.74) is 1.33. The van der Waals surface area contributed by atoms with Gasteiger partial charge in [0, 0.05) is 31.7 Å². The average molecular weight is 442 g/mol. The van der Waals surface area contributed by atoms with E-state index in [9.17, 15) is 14.0 Å². The SMILES string of the molecule is COCCN(C(=O)C1CCN(C(=O)c2ccc(F)cc2)CC1)c1nc2ccccc2s1. The first-order chi connectivity index (χ1) is 15.1. The zero-order valence-electron chi connectivity index (χ0n) is 17.3. The lowest BCUT2D eigenvalue weighted by atomic mass is 9.95. The molecule has 0 bridgehead atoms. The van der Waals surface area contributed by atoms with Crippen LogP contribution in [0.4, 0.5) is 9.52 Å². The van der Waals surface area contributed by atoms with E-state index in [4.69, 9.17) is 4.74 Å². The van der Waals surface area contributed by atoms with Crippen LogP contribution in [0.15, 0.2) is 48.5 Å². The van der Waals surface area contributed by atoms with Gasteiger partial charge < -0.3 is 9.64 Å². The second kappa shape index (κ2) is 9.53. The van der Waals surface area contributed by atoms with Gasteiger partial charge in [-0.2, -0.15) is 0 Å². The standard InChI is InChI=1S/C23H24FN3O3S/c1-30-15-14-27(23-25-19-4-2-3-5-20(19)31-23)22(29)17-10-12-26(13-11-17)21(28)16-6-8-18(24)9-7-16/h2-9,17H,10-15H2,1H3. The molecule has 1 fully saturated rings. The number of aromatic nitrogens is 1. The summed E-state index contributed by atoms with van der Waals surface area (Å²) in [6.07, 6.45) is 1.17. The molecule has 0 spiro atoms. The number of fused-ring (bicyclic) bond motifs is 1. The Kier molecular flexibility index (Phi) is 6.58. The fourth-order valence-electron chi connectivity index (χ4n) is 3.78. The van der Waals surface area contributed by atoms with Gasteiger partial charge >= 0.3 is 0 Å². The molecule has 2 heterocycles. The Hall–Kier alpha value is -2.84. The van der Waals surface area contributed by atoms with Crippen LogP contribution in [0.1, 0.15) is 23.2 Å². The lowest BCUT2D eigenvalue weighted by Gasteiger charge is -2.33. The molecule has 1 saturated heterocycles. The van der Waals surface area contributed by atoms with Crippen molar-refractivity contribution in [2.45, 2.75) is 12.8 Å². The van der Waals surface area contributed by atoms with Gasteiger partial charge in [0.15, 0.2) is 5.13 Å². The van der Waals surface area contributed by atoms with Gasteiger partial charge in [-0.05, 0) is 49.2 Å². The number of piperidine rings is 1. The normalized spacial score (nSPS) is 14.7. The lowest BCUT2D eigenvalue weighted by Crippen LogP contribution is -2.45. The molecule has 4 rings (SSSR count). The molecule has 31 heavy (non-hydrogen) atoms. The second-order valence-electron chi connectivity index (χ2n) is 7.52. The van der Waals surface area contributed by atoms with Crippen LogP contribution in [-0.2, 0) is 9.53 Å². The summed E-state index contributed by atoms with van der Waals surface area (Å²) >= 11 is 1.50. The maximum Gasteiger partial charge on any atom is 0.253 e. The molecule has 162 valence electrons. The van der Waals surface area contributed by atoms with Crippen molar-refractivity contribution >= 4 is 38.5 Å². The summed E-state index contributed by atoms with van der Waals surface area (Å²) in [6, 6.07) is 13.4. The lowest BCUT2D eigenvalue weighted by molar-refractivity contribution is -0.123. The van der Waals surface area contributed by atoms with Crippen LogP contribution < -0.4 is 4.90 Å². The zero-order chi connectivity index (χ0) is 21.8. The molecular formula is C23H24FN3O3S. The van der Waals surface area contributed by atoms with Gasteiger partial charge in [-0.15, -0.1) is 0 Å². The Labute approximate surface area is 184 Å². The number of halogens is 1. The van der Waals surface area contributed by atoms with Crippen molar-refractivity contribution in [3.05, 3.63) is 59.9 Å². The molecule has 0 aliphatic carbocycles. The van der Waals surface area contributed by atoms with E-state index in [2.05, 4.69) is 4.98 Å². The van der Waals surface area contributed by atoms with E-state index in [1.165, 1.54) is 35.6 Å². The predicted octanol–water partition coefficient (Wildman–Crippen LogP) is 3.97. The molecular weight excluding hydrogens is 417 g/mol. The Bertz CT molecular complexity index is 1030. The highest BCUT2D eigenvalue weighted by Gasteiger charge is 2.32. The zero-order valence-corrected chi connectivity index (χ0v) is 18.1. The van der Waals surface area contributed by atoms with Gasteiger partial charge in [0.25, 0.3) is 5.91 Å². The molecule has 0 radical (unpaired) electrons. The summed E-state index contributed by atoms with van der Waals surface area (Å²) < 4.78 is 19.4. The molecule has 0 saturated carbocycles. The van der Waals surface area contributed by atoms with E-state index in [1.54, 1.807) is 16.9 Å². The molecule has 0 atom stereocenters. The number of methoxy groups -OCH3 is 1. The highest BCUT2D eigenvalue weighted by molar-refractivity contribution is 7.22. The fraction of sp³-hybridized carbons (Fsp3) is 0.348. The third-order valence-corrected chi connectivity index (χ3v) is 6.58. The van der Waals surface area contributed by atoms with Crippen molar-refractivity contribution in [3.8, 4) is 0 Å². The molecule has 3 aromatic rings. The van der Waals surface area contributed by atoms with Crippen LogP contribution in [0.25, 0.3) is 10.2 Å². The van der Waals surface area contributed by atoms with E-state index >= 15 is 0 Å². The maximum absolute atomic E-state index is 13.4. The van der Waals surface area contributed by atoms with E-state index in [-0.39, 0.29) is 23.5 Å². The Balaban J connectivity index is 1.44. The molecule has 2 amide bonds. The monoisotopic (exact) mass is 441 g/mol. The fourth-order valence-corrected chi connectivity index (χ4v) is 4.78. The van der Waals surface area contributed by atoms with Gasteiger partial charge in [0.1, 0.15) is 5.82 Å². The number of hydrogen-bond acceptors (Lipinski definition) is 5. The van der Waals surface area contributed by atoms with Gasteiger partial charge in [0.05, 0.1) is 23.4 Å². The van der Waals surface area contributed by atoms with E-state index in [1.807, 2.05) is 24.3 Å². The molecule has 0 unspecified atom stereocenters. The van der Waals surface area contributed by atoms with E-state index < -0.39 is 0 Å². The Morgan fingerprint density at radius 2 is 1.87 bits per heavy atom. The third kappa shape index (κ3) is 4.75. The molecule has 1 aliphatic heterocycles. The van der Waals surface area contributed by atoms with Crippen LogP contribution in [0.3, 0.4) is 0 Å². The van der Waals surface area contributed by atoms with Crippen molar-refractivity contribution in [3.63, 3.8) is 0 Å². The van der Waals surface area contributed by atoms with Gasteiger partial charge in [-0.3, -0.25) is 14.5 Å². The Morgan fingerprint density at radius 3 is 2.55 bits per heavy atom. The molecule has 2 aromatic carbocycles. The molecule has 8 heteroatoms. The predicted molar refractivity (Wildman–Crippen MR) is 119 cm³/mol. The number of anilines is 1. The minimum absolute atomic E-state index is 0.0185. The summed E-state index contributed by atoms with van der Waals surface area (Å²) in [5, 5.41) is 0.674. The maximum atomic E-state index is 13.4. The Morgan fingerprint density at radius 1 is 1.16 bits per heavy atom. The number of benzene rings is 2. The van der Waals surface area contributed by atoms with Crippen LogP contribution in [0, 0.1) is 11.7 Å². The second-order valence-corrected chi connectivity index (χ2v) is 8.53. The largest absolute Gasteiger partial charge is 0.383 e. The van der Waals surface area contributed by atoms with Gasteiger partial charge in [-0.25, -0.2) is 9.37 Å². The van der Waals surface area contributed by atoms with Crippen molar-refractivity contribution < 1.29 is 18.7 Å². The topological polar surface area (TPSA) is 62.7 Å². The van der Waals surface area contributed by atoms with E-state index in [0.29, 0.717) is 49.8 Å². The smallest absolute Gasteiger partial charge is 0.253 e. The number of ether oxygens (including phenoxy) is 1. The number of para-hydroxylation sites is 1. The summed E-state index contributed by atoms with van der Waals surface area (Å²) in [5.74, 6) is -0.661. The number of thiazole rings is 1. The van der Waals surface area contributed by atoms with Crippen molar-refractivity contribution in [2.75, 3.05) is 38.3 Å². The molecule has 1 aromatic heterocycles. The number of amides is 2. The minimum atomic E-state index is -0.369. The van der Waals surface area contributed by atoms with Crippen molar-refractivity contribution in [1.29, 1.82) is 0 Å². The summed E-state index contributed by atoms with van der Waals surface area (Å²) in [7, 11) is 1.61. The third-order valence-electron chi connectivity index (χ3n) is 5.52. The first-order valence-electron chi connectivity index (χ1n) is 10.3. The highest BCUT2D eigenvalue weighted by Crippen LogP contribution is 2.31. The number of nitrogens with zero attached hydrogens (tertiary/aromatic N) is 3. The van der Waals surface area contributed by atoms with Crippen molar-refractivity contribution in [1.82, 2.24) is 9.88 Å². The van der Waals surface area contributed by atoms with Crippen LogP contribution in [-0.4, -0.2) is 55.0 Å². The average Bonchev–Trinajstić information content (AvgIpc) is 3.23. The van der Waals surface area contributed by atoms with Crippen LogP contribution in [0.5, 0.6) is 0 Å². The first-order valence-corrected chi connectivity index (χ1v) is 11.1. The number of likely N-dealkylation sites (tertiary alicyclic amines) is 1. The minimum Gasteiger partial charge on any atom is -0.383 e. The highest BCUT2D eigenvalue weighted by atomic mass is 32.1. The number of hydrogen-bond donors (Lipinski definition) is 0. The van der Waals surface area contributed by atoms with Crippen LogP contribution >= 0.6 is 11.3 Å².